The molecule has 2 nitrogen and oxygen atoms in total. The molecule has 0 aromatic heterocycles. The summed E-state index contributed by atoms with van der Waals surface area (Å²) >= 11 is 0. The molecular formula is C15H32N2. The lowest BCUT2D eigenvalue weighted by molar-refractivity contribution is 0.113. The van der Waals surface area contributed by atoms with Crippen molar-refractivity contribution in [2.75, 3.05) is 26.2 Å². The first-order chi connectivity index (χ1) is 7.85. The van der Waals surface area contributed by atoms with Crippen molar-refractivity contribution in [3.63, 3.8) is 0 Å². The summed E-state index contributed by atoms with van der Waals surface area (Å²) in [7, 11) is 0. The molecule has 0 unspecified atom stereocenters. The lowest BCUT2D eigenvalue weighted by Crippen LogP contribution is -2.41. The minimum atomic E-state index is 0.267. The molecule has 0 saturated carbocycles. The predicted octanol–water partition coefficient (Wildman–Crippen LogP) is 3.28. The third kappa shape index (κ3) is 5.87. The van der Waals surface area contributed by atoms with Gasteiger partial charge in [-0.15, -0.1) is 0 Å². The van der Waals surface area contributed by atoms with Crippen LogP contribution in [-0.4, -0.2) is 36.6 Å². The summed E-state index contributed by atoms with van der Waals surface area (Å²) in [6.45, 7) is 16.5. The number of hydrogen-bond acceptors (Lipinski definition) is 2. The molecule has 1 heterocycles. The van der Waals surface area contributed by atoms with Gasteiger partial charge in [0.1, 0.15) is 0 Å². The Morgan fingerprint density at radius 1 is 1.18 bits per heavy atom. The molecule has 102 valence electrons. The summed E-state index contributed by atoms with van der Waals surface area (Å²) in [5.41, 5.74) is 0.892. The van der Waals surface area contributed by atoms with Gasteiger partial charge in [0.05, 0.1) is 0 Å². The topological polar surface area (TPSA) is 15.3 Å². The van der Waals surface area contributed by atoms with Crippen molar-refractivity contribution in [2.45, 2.75) is 65.8 Å². The van der Waals surface area contributed by atoms with Gasteiger partial charge < -0.3 is 10.2 Å². The third-order valence-electron chi connectivity index (χ3n) is 4.22. The van der Waals surface area contributed by atoms with Crippen molar-refractivity contribution < 1.29 is 0 Å². The van der Waals surface area contributed by atoms with Gasteiger partial charge in [-0.3, -0.25) is 0 Å². The molecule has 0 aromatic rings. The van der Waals surface area contributed by atoms with Crippen LogP contribution in [0.1, 0.15) is 60.3 Å². The normalized spacial score (nSPS) is 21.7. The van der Waals surface area contributed by atoms with Gasteiger partial charge in [0.15, 0.2) is 0 Å². The van der Waals surface area contributed by atoms with Gasteiger partial charge in [-0.05, 0) is 71.6 Å². The second kappa shape index (κ2) is 6.19. The second-order valence-electron chi connectivity index (χ2n) is 7.04. The van der Waals surface area contributed by atoms with Crippen LogP contribution >= 0.6 is 0 Å². The minimum Gasteiger partial charge on any atom is -0.312 e. The highest BCUT2D eigenvalue weighted by atomic mass is 15.1. The maximum Gasteiger partial charge on any atom is 0.00965 e. The fourth-order valence-electron chi connectivity index (χ4n) is 2.44. The maximum absolute atomic E-state index is 3.56. The zero-order valence-corrected chi connectivity index (χ0v) is 12.6. The van der Waals surface area contributed by atoms with E-state index < -0.39 is 0 Å². The Kier molecular flexibility index (Phi) is 5.46. The van der Waals surface area contributed by atoms with E-state index in [2.05, 4.69) is 44.8 Å². The second-order valence-corrected chi connectivity index (χ2v) is 7.04. The monoisotopic (exact) mass is 240 g/mol. The van der Waals surface area contributed by atoms with Crippen LogP contribution in [0.15, 0.2) is 0 Å². The zero-order chi connectivity index (χ0) is 12.9. The lowest BCUT2D eigenvalue weighted by atomic mass is 9.78. The molecule has 1 rings (SSSR count). The summed E-state index contributed by atoms with van der Waals surface area (Å²) in [5.74, 6) is 0. The summed E-state index contributed by atoms with van der Waals surface area (Å²) in [4.78, 5) is 2.64. The van der Waals surface area contributed by atoms with Gasteiger partial charge in [-0.2, -0.15) is 0 Å². The van der Waals surface area contributed by atoms with E-state index in [0.29, 0.717) is 5.41 Å². The highest BCUT2D eigenvalue weighted by Crippen LogP contribution is 2.33. The zero-order valence-electron chi connectivity index (χ0n) is 12.6. The number of nitrogens with one attached hydrogen (secondary N) is 1. The Morgan fingerprint density at radius 2 is 1.76 bits per heavy atom. The van der Waals surface area contributed by atoms with Crippen LogP contribution in [0.5, 0.6) is 0 Å². The first-order valence-corrected chi connectivity index (χ1v) is 7.32. The van der Waals surface area contributed by atoms with Crippen molar-refractivity contribution >= 4 is 0 Å². The Balaban J connectivity index is 2.11. The van der Waals surface area contributed by atoms with Gasteiger partial charge in [-0.1, -0.05) is 20.3 Å². The van der Waals surface area contributed by atoms with E-state index in [1.807, 2.05) is 0 Å². The van der Waals surface area contributed by atoms with Crippen LogP contribution in [0.3, 0.4) is 0 Å². The highest BCUT2D eigenvalue weighted by Gasteiger charge is 2.27. The molecule has 0 aliphatic carbocycles. The van der Waals surface area contributed by atoms with Crippen molar-refractivity contribution in [1.29, 1.82) is 0 Å². The van der Waals surface area contributed by atoms with E-state index in [-0.39, 0.29) is 5.54 Å². The predicted molar refractivity (Wildman–Crippen MR) is 76.4 cm³/mol. The Hall–Kier alpha value is -0.0800. The molecule has 1 saturated heterocycles. The quantitative estimate of drug-likeness (QED) is 0.742. The average Bonchev–Trinajstić information content (AvgIpc) is 2.26. The van der Waals surface area contributed by atoms with E-state index in [4.69, 9.17) is 0 Å². The third-order valence-corrected chi connectivity index (χ3v) is 4.22. The van der Waals surface area contributed by atoms with Crippen molar-refractivity contribution in [2.24, 2.45) is 5.41 Å². The maximum atomic E-state index is 3.56. The molecule has 0 radical (unpaired) electrons. The smallest absolute Gasteiger partial charge is 0.00965 e. The van der Waals surface area contributed by atoms with Gasteiger partial charge >= 0.3 is 0 Å². The standard InChI is InChI=1S/C15H32N2/c1-6-15(5)8-12-17(13-9-15)11-7-10-16-14(2,3)4/h16H,6-13H2,1-5H3. The molecule has 1 aliphatic heterocycles. The number of hydrogen-bond donors (Lipinski definition) is 1. The summed E-state index contributed by atoms with van der Waals surface area (Å²) in [5, 5.41) is 3.56. The molecule has 1 aliphatic rings. The van der Waals surface area contributed by atoms with Gasteiger partial charge in [-0.25, -0.2) is 0 Å². The molecule has 0 bridgehead atoms. The van der Waals surface area contributed by atoms with Gasteiger partial charge in [0, 0.05) is 5.54 Å². The van der Waals surface area contributed by atoms with Crippen LogP contribution in [0, 0.1) is 5.41 Å². The number of rotatable bonds is 5. The van der Waals surface area contributed by atoms with Crippen LogP contribution in [-0.2, 0) is 0 Å². The Labute approximate surface area is 108 Å². The van der Waals surface area contributed by atoms with Crippen LogP contribution in [0.25, 0.3) is 0 Å². The van der Waals surface area contributed by atoms with Crippen molar-refractivity contribution in [3.8, 4) is 0 Å². The largest absolute Gasteiger partial charge is 0.312 e. The van der Waals surface area contributed by atoms with Crippen LogP contribution < -0.4 is 5.32 Å². The molecule has 1 N–H and O–H groups in total. The number of nitrogens with zero attached hydrogens (tertiary/aromatic N) is 1. The summed E-state index contributed by atoms with van der Waals surface area (Å²) < 4.78 is 0. The van der Waals surface area contributed by atoms with Crippen LogP contribution in [0.4, 0.5) is 0 Å². The molecule has 1 fully saturated rings. The SMILES string of the molecule is CCC1(C)CCN(CCCNC(C)(C)C)CC1. The fraction of sp³-hybridized carbons (Fsp3) is 1.00. The van der Waals surface area contributed by atoms with Gasteiger partial charge in [0.25, 0.3) is 0 Å². The first-order valence-electron chi connectivity index (χ1n) is 7.32. The molecule has 0 spiro atoms. The minimum absolute atomic E-state index is 0.267. The average molecular weight is 240 g/mol. The summed E-state index contributed by atoms with van der Waals surface area (Å²) in [6, 6.07) is 0. The lowest BCUT2D eigenvalue weighted by Gasteiger charge is -2.39. The molecule has 17 heavy (non-hydrogen) atoms. The summed E-state index contributed by atoms with van der Waals surface area (Å²) in [6.07, 6.45) is 5.39. The molecule has 0 atom stereocenters. The van der Waals surface area contributed by atoms with E-state index in [9.17, 15) is 0 Å². The van der Waals surface area contributed by atoms with E-state index >= 15 is 0 Å². The molecular weight excluding hydrogens is 208 g/mol. The molecule has 0 amide bonds. The highest BCUT2D eigenvalue weighted by molar-refractivity contribution is 4.81. The molecule has 2 heteroatoms. The number of likely N-dealkylation sites (tertiary alicyclic amines) is 1. The van der Waals surface area contributed by atoms with Gasteiger partial charge in [0.2, 0.25) is 0 Å². The van der Waals surface area contributed by atoms with E-state index in [1.54, 1.807) is 0 Å². The van der Waals surface area contributed by atoms with Crippen LogP contribution in [0.2, 0.25) is 0 Å². The molecule has 0 aromatic carbocycles. The van der Waals surface area contributed by atoms with Crippen molar-refractivity contribution in [3.05, 3.63) is 0 Å². The fourth-order valence-corrected chi connectivity index (χ4v) is 2.44. The van der Waals surface area contributed by atoms with E-state index in [0.717, 1.165) is 6.54 Å². The Bertz CT molecular complexity index is 209. The number of piperidine rings is 1. The first kappa shape index (κ1) is 15.0. The van der Waals surface area contributed by atoms with Crippen molar-refractivity contribution in [1.82, 2.24) is 10.2 Å². The Morgan fingerprint density at radius 3 is 2.24 bits per heavy atom. The van der Waals surface area contributed by atoms with E-state index in [1.165, 1.54) is 45.3 Å².